The Kier molecular flexibility index (Phi) is 7.50. The summed E-state index contributed by atoms with van der Waals surface area (Å²) in [5.74, 6) is -1.78. The fraction of sp³-hybridized carbons (Fsp3) is 0.179. The Morgan fingerprint density at radius 3 is 2.32 bits per heavy atom. The number of hydrogen-bond acceptors (Lipinski definition) is 7. The second-order valence-electron chi connectivity index (χ2n) is 8.06. The molecule has 0 spiro atoms. The van der Waals surface area contributed by atoms with Crippen LogP contribution in [-0.4, -0.2) is 43.6 Å². The van der Waals surface area contributed by atoms with E-state index in [0.717, 1.165) is 0 Å². The molecule has 1 atom stereocenters. The van der Waals surface area contributed by atoms with Crippen LogP contribution in [-0.2, 0) is 14.3 Å². The van der Waals surface area contributed by atoms with E-state index in [1.54, 1.807) is 43.3 Å². The summed E-state index contributed by atoms with van der Waals surface area (Å²) in [4.78, 5) is 40.1. The minimum absolute atomic E-state index is 0.114. The number of rotatable bonds is 7. The largest absolute Gasteiger partial charge is 0.507 e. The van der Waals surface area contributed by atoms with E-state index in [9.17, 15) is 19.5 Å². The van der Waals surface area contributed by atoms with Gasteiger partial charge in [0.05, 0.1) is 43.0 Å². The first-order valence-electron chi connectivity index (χ1n) is 11.4. The lowest BCUT2D eigenvalue weighted by molar-refractivity contribution is -0.132. The van der Waals surface area contributed by atoms with Crippen LogP contribution in [0.25, 0.3) is 5.76 Å². The summed E-state index contributed by atoms with van der Waals surface area (Å²) in [6, 6.07) is 16.6. The maximum absolute atomic E-state index is 13.4. The highest BCUT2D eigenvalue weighted by Crippen LogP contribution is 2.43. The predicted octanol–water partition coefficient (Wildman–Crippen LogP) is 5.16. The van der Waals surface area contributed by atoms with Crippen molar-refractivity contribution in [2.45, 2.75) is 13.0 Å². The number of hydrogen-bond donors (Lipinski definition) is 1. The predicted molar refractivity (Wildman–Crippen MR) is 138 cm³/mol. The van der Waals surface area contributed by atoms with Crippen molar-refractivity contribution in [2.24, 2.45) is 0 Å². The van der Waals surface area contributed by atoms with Gasteiger partial charge in [-0.1, -0.05) is 23.7 Å². The number of ketones is 1. The molecule has 0 aromatic heterocycles. The van der Waals surface area contributed by atoms with Gasteiger partial charge in [-0.2, -0.15) is 0 Å². The van der Waals surface area contributed by atoms with E-state index in [2.05, 4.69) is 0 Å². The maximum Gasteiger partial charge on any atom is 0.338 e. The van der Waals surface area contributed by atoms with Crippen LogP contribution in [0.5, 0.6) is 11.5 Å². The summed E-state index contributed by atoms with van der Waals surface area (Å²) in [6.07, 6.45) is 0. The first-order valence-corrected chi connectivity index (χ1v) is 11.7. The van der Waals surface area contributed by atoms with E-state index in [1.807, 2.05) is 0 Å². The molecule has 0 saturated carbocycles. The third-order valence-electron chi connectivity index (χ3n) is 5.94. The van der Waals surface area contributed by atoms with Crippen LogP contribution in [0, 0.1) is 0 Å². The topological polar surface area (TPSA) is 102 Å². The van der Waals surface area contributed by atoms with Gasteiger partial charge in [0.25, 0.3) is 11.7 Å². The number of halogens is 1. The summed E-state index contributed by atoms with van der Waals surface area (Å²) in [5, 5.41) is 11.6. The molecule has 1 amide bonds. The van der Waals surface area contributed by atoms with Gasteiger partial charge in [-0.05, 0) is 67.1 Å². The molecule has 8 nitrogen and oxygen atoms in total. The molecule has 0 aliphatic carbocycles. The van der Waals surface area contributed by atoms with Gasteiger partial charge in [0.1, 0.15) is 17.3 Å². The van der Waals surface area contributed by atoms with Crippen LogP contribution in [0.3, 0.4) is 0 Å². The second kappa shape index (κ2) is 10.8. The van der Waals surface area contributed by atoms with Crippen LogP contribution in [0.15, 0.2) is 72.3 Å². The molecule has 3 aromatic rings. The highest BCUT2D eigenvalue weighted by Gasteiger charge is 2.47. The van der Waals surface area contributed by atoms with Gasteiger partial charge < -0.3 is 19.3 Å². The molecule has 1 unspecified atom stereocenters. The molecule has 3 aromatic carbocycles. The fourth-order valence-electron chi connectivity index (χ4n) is 4.16. The number of carbonyl (C=O) groups is 3. The molecular formula is C28H24ClNO7. The number of nitrogens with zero attached hydrogens (tertiary/aromatic N) is 1. The molecule has 1 heterocycles. The van der Waals surface area contributed by atoms with E-state index in [-0.39, 0.29) is 23.5 Å². The van der Waals surface area contributed by atoms with Gasteiger partial charge in [-0.15, -0.1) is 0 Å². The molecule has 37 heavy (non-hydrogen) atoms. The van der Waals surface area contributed by atoms with Crippen LogP contribution < -0.4 is 14.4 Å². The van der Waals surface area contributed by atoms with Crippen molar-refractivity contribution in [1.82, 2.24) is 0 Å². The number of methoxy groups -OCH3 is 2. The average Bonchev–Trinajstić information content (AvgIpc) is 3.18. The van der Waals surface area contributed by atoms with Crippen LogP contribution in [0.2, 0.25) is 5.02 Å². The summed E-state index contributed by atoms with van der Waals surface area (Å²) in [5.41, 5.74) is 1.33. The molecule has 9 heteroatoms. The zero-order valence-corrected chi connectivity index (χ0v) is 21.1. The summed E-state index contributed by atoms with van der Waals surface area (Å²) in [7, 11) is 2.93. The van der Waals surface area contributed by atoms with Crippen molar-refractivity contribution in [3.8, 4) is 11.5 Å². The number of Topliss-reactive ketones (excluding diaryl/α,β-unsaturated/α-hetero) is 1. The van der Waals surface area contributed by atoms with E-state index >= 15 is 0 Å². The fourth-order valence-corrected chi connectivity index (χ4v) is 4.36. The van der Waals surface area contributed by atoms with Crippen molar-refractivity contribution in [3.05, 3.63) is 94.0 Å². The van der Waals surface area contributed by atoms with E-state index in [4.69, 9.17) is 25.8 Å². The number of carbonyl (C=O) groups excluding carboxylic acids is 3. The first kappa shape index (κ1) is 25.8. The molecule has 1 aliphatic heterocycles. The number of aliphatic hydroxyl groups is 1. The van der Waals surface area contributed by atoms with Gasteiger partial charge in [0.2, 0.25) is 0 Å². The summed E-state index contributed by atoms with van der Waals surface area (Å²) >= 11 is 6.13. The maximum atomic E-state index is 13.4. The van der Waals surface area contributed by atoms with Gasteiger partial charge in [0, 0.05) is 11.3 Å². The van der Waals surface area contributed by atoms with Crippen molar-refractivity contribution in [1.29, 1.82) is 0 Å². The van der Waals surface area contributed by atoms with Crippen LogP contribution >= 0.6 is 11.6 Å². The van der Waals surface area contributed by atoms with Crippen molar-refractivity contribution in [2.75, 3.05) is 25.7 Å². The molecular weight excluding hydrogens is 498 g/mol. The van der Waals surface area contributed by atoms with Crippen LogP contribution in [0.1, 0.15) is 34.5 Å². The lowest BCUT2D eigenvalue weighted by Crippen LogP contribution is -2.29. The standard InChI is InChI=1S/C28H24ClNO7/c1-4-37-28(34)16-8-11-19(12-9-16)30-24(17-6-5-7-20(14-17)35-2)23(26(32)27(30)33)25(31)18-10-13-21(29)22(15-18)36-3/h5-15,24,31H,4H2,1-3H3/b25-23-. The molecule has 4 rings (SSSR count). The Morgan fingerprint density at radius 1 is 0.973 bits per heavy atom. The van der Waals surface area contributed by atoms with Crippen LogP contribution in [0.4, 0.5) is 5.69 Å². The van der Waals surface area contributed by atoms with Crippen molar-refractivity contribution < 1.29 is 33.7 Å². The summed E-state index contributed by atoms with van der Waals surface area (Å²) in [6.45, 7) is 1.93. The lowest BCUT2D eigenvalue weighted by Gasteiger charge is -2.26. The Morgan fingerprint density at radius 2 is 1.68 bits per heavy atom. The smallest absolute Gasteiger partial charge is 0.338 e. The zero-order valence-electron chi connectivity index (χ0n) is 20.4. The molecule has 1 saturated heterocycles. The first-order chi connectivity index (χ1) is 17.8. The quantitative estimate of drug-likeness (QED) is 0.198. The molecule has 190 valence electrons. The van der Waals surface area contributed by atoms with Crippen molar-refractivity contribution in [3.63, 3.8) is 0 Å². The molecule has 0 bridgehead atoms. The van der Waals surface area contributed by atoms with Crippen molar-refractivity contribution >= 4 is 40.7 Å². The van der Waals surface area contributed by atoms with E-state index in [1.165, 1.54) is 49.5 Å². The Hall–Kier alpha value is -4.30. The number of esters is 1. The zero-order chi connectivity index (χ0) is 26.7. The number of amides is 1. The minimum Gasteiger partial charge on any atom is -0.507 e. The number of ether oxygens (including phenoxy) is 3. The number of benzene rings is 3. The van der Waals surface area contributed by atoms with E-state index < -0.39 is 23.7 Å². The summed E-state index contributed by atoms with van der Waals surface area (Å²) < 4.78 is 15.6. The highest BCUT2D eigenvalue weighted by atomic mass is 35.5. The number of anilines is 1. The Labute approximate surface area is 218 Å². The average molecular weight is 522 g/mol. The van der Waals surface area contributed by atoms with Gasteiger partial charge >= 0.3 is 5.97 Å². The molecule has 1 N–H and O–H groups in total. The molecule has 1 aliphatic rings. The number of aliphatic hydroxyl groups excluding tert-OH is 1. The monoisotopic (exact) mass is 521 g/mol. The van der Waals surface area contributed by atoms with Gasteiger partial charge in [-0.3, -0.25) is 14.5 Å². The second-order valence-corrected chi connectivity index (χ2v) is 8.47. The van der Waals surface area contributed by atoms with E-state index in [0.29, 0.717) is 33.3 Å². The minimum atomic E-state index is -0.981. The van der Waals surface area contributed by atoms with Gasteiger partial charge in [0.15, 0.2) is 0 Å². The van der Waals surface area contributed by atoms with Gasteiger partial charge in [-0.25, -0.2) is 4.79 Å². The Balaban J connectivity index is 1.89. The third kappa shape index (κ3) is 4.88. The lowest BCUT2D eigenvalue weighted by atomic mass is 9.95. The molecule has 1 fully saturated rings. The Bertz CT molecular complexity index is 1400. The highest BCUT2D eigenvalue weighted by molar-refractivity contribution is 6.51. The SMILES string of the molecule is CCOC(=O)c1ccc(N2C(=O)C(=O)/C(=C(\O)c3ccc(Cl)c(OC)c3)C2c2cccc(OC)c2)cc1. The molecule has 0 radical (unpaired) electrons. The normalized spacial score (nSPS) is 16.5. The third-order valence-corrected chi connectivity index (χ3v) is 6.25.